The third kappa shape index (κ3) is 2.70. The number of benzene rings is 1. The van der Waals surface area contributed by atoms with Crippen molar-refractivity contribution in [3.05, 3.63) is 54.2 Å². The molecule has 8 nitrogen and oxygen atoms in total. The molecule has 0 fully saturated rings. The molecule has 1 aromatic carbocycles. The molecule has 0 saturated carbocycles. The Hall–Kier alpha value is -3.26. The molecular formula is C16H15N5O3. The fourth-order valence-electron chi connectivity index (χ4n) is 2.38. The number of para-hydroxylation sites is 1. The Morgan fingerprint density at radius 3 is 2.67 bits per heavy atom. The van der Waals surface area contributed by atoms with E-state index in [2.05, 4.69) is 15.4 Å². The molecule has 2 heterocycles. The summed E-state index contributed by atoms with van der Waals surface area (Å²) in [7, 11) is 0. The molecule has 4 N–H and O–H groups in total. The lowest BCUT2D eigenvalue weighted by molar-refractivity contribution is -0.132. The number of pyridine rings is 1. The largest absolute Gasteiger partial charge is 0.366 e. The molecule has 1 aliphatic heterocycles. The van der Waals surface area contributed by atoms with Gasteiger partial charge in [0, 0.05) is 18.8 Å². The lowest BCUT2D eigenvalue weighted by Gasteiger charge is -2.30. The summed E-state index contributed by atoms with van der Waals surface area (Å²) in [6, 6.07) is 11.4. The number of aromatic nitrogens is 1. The van der Waals surface area contributed by atoms with Crippen molar-refractivity contribution in [2.45, 2.75) is 12.1 Å². The van der Waals surface area contributed by atoms with Crippen LogP contribution >= 0.6 is 0 Å². The maximum absolute atomic E-state index is 12.6. The molecule has 2 aromatic rings. The summed E-state index contributed by atoms with van der Waals surface area (Å²) in [6.07, 6.45) is 2.94. The molecular weight excluding hydrogens is 310 g/mol. The van der Waals surface area contributed by atoms with Crippen molar-refractivity contribution < 1.29 is 14.7 Å². The van der Waals surface area contributed by atoms with Crippen LogP contribution in [0.3, 0.4) is 0 Å². The molecule has 1 atom stereocenters. The predicted molar refractivity (Wildman–Crippen MR) is 88.4 cm³/mol. The Morgan fingerprint density at radius 1 is 1.21 bits per heavy atom. The van der Waals surface area contributed by atoms with Gasteiger partial charge in [-0.25, -0.2) is 9.99 Å². The number of carbonyl (C=O) groups excluding carboxylic acids is 2. The number of nitrogens with one attached hydrogen (secondary N) is 1. The Labute approximate surface area is 137 Å². The monoisotopic (exact) mass is 325 g/mol. The van der Waals surface area contributed by atoms with Gasteiger partial charge in [-0.3, -0.25) is 9.59 Å². The van der Waals surface area contributed by atoms with Crippen LogP contribution < -0.4 is 16.1 Å². The van der Waals surface area contributed by atoms with Gasteiger partial charge in [-0.1, -0.05) is 18.2 Å². The van der Waals surface area contributed by atoms with Crippen molar-refractivity contribution in [3.8, 4) is 0 Å². The molecule has 24 heavy (non-hydrogen) atoms. The van der Waals surface area contributed by atoms with Crippen LogP contribution in [0, 0.1) is 0 Å². The van der Waals surface area contributed by atoms with Crippen molar-refractivity contribution >= 4 is 29.5 Å². The Morgan fingerprint density at radius 2 is 1.96 bits per heavy atom. The van der Waals surface area contributed by atoms with E-state index in [4.69, 9.17) is 5.73 Å². The quantitative estimate of drug-likeness (QED) is 0.764. The van der Waals surface area contributed by atoms with Crippen LogP contribution in [-0.2, 0) is 4.79 Å². The summed E-state index contributed by atoms with van der Waals surface area (Å²) in [6.45, 7) is 0. The van der Waals surface area contributed by atoms with E-state index in [1.165, 1.54) is 24.5 Å². The first-order valence-electron chi connectivity index (χ1n) is 7.19. The number of nitrogens with two attached hydrogens (primary N) is 1. The second-order valence-electron chi connectivity index (χ2n) is 5.18. The first-order valence-corrected chi connectivity index (χ1v) is 7.19. The van der Waals surface area contributed by atoms with Crippen LogP contribution in [0.2, 0.25) is 0 Å². The number of hydrogen-bond acceptors (Lipinski definition) is 6. The van der Waals surface area contributed by atoms with Gasteiger partial charge in [0.05, 0.1) is 11.3 Å². The molecule has 1 aromatic heterocycles. The summed E-state index contributed by atoms with van der Waals surface area (Å²) < 4.78 is 0. The number of anilines is 2. The third-order valence-electron chi connectivity index (χ3n) is 3.59. The minimum absolute atomic E-state index is 0.0197. The van der Waals surface area contributed by atoms with Gasteiger partial charge >= 0.3 is 0 Å². The van der Waals surface area contributed by atoms with Crippen molar-refractivity contribution in [2.24, 2.45) is 10.8 Å². The predicted octanol–water partition coefficient (Wildman–Crippen LogP) is 0.704. The second kappa shape index (κ2) is 6.09. The van der Waals surface area contributed by atoms with Crippen LogP contribution in [0.5, 0.6) is 0 Å². The van der Waals surface area contributed by atoms with Crippen molar-refractivity contribution in [1.29, 1.82) is 0 Å². The van der Waals surface area contributed by atoms with Gasteiger partial charge in [-0.05, 0) is 24.3 Å². The fourth-order valence-corrected chi connectivity index (χ4v) is 2.38. The smallest absolute Gasteiger partial charge is 0.280 e. The molecule has 1 aliphatic rings. The number of carbonyl (C=O) groups is 2. The molecule has 122 valence electrons. The van der Waals surface area contributed by atoms with Gasteiger partial charge in [-0.15, -0.1) is 0 Å². The maximum atomic E-state index is 12.6. The minimum atomic E-state index is -1.95. The normalized spacial score (nSPS) is 19.3. The molecule has 0 spiro atoms. The SMILES string of the molecule is NC(=O)c1ccccc1NC(=O)C1(O)CC=NN1c1ccccn1. The van der Waals surface area contributed by atoms with Crippen molar-refractivity contribution in [1.82, 2.24) is 4.98 Å². The summed E-state index contributed by atoms with van der Waals surface area (Å²) in [5, 5.41) is 18.5. The number of rotatable bonds is 4. The number of hydrogen-bond donors (Lipinski definition) is 3. The lowest BCUT2D eigenvalue weighted by Crippen LogP contribution is -2.53. The number of aliphatic hydroxyl groups is 1. The first kappa shape index (κ1) is 15.6. The summed E-state index contributed by atoms with van der Waals surface area (Å²) in [5.74, 6) is -1.09. The van der Waals surface area contributed by atoms with Crippen LogP contribution in [-0.4, -0.2) is 33.8 Å². The van der Waals surface area contributed by atoms with E-state index in [9.17, 15) is 14.7 Å². The van der Waals surface area contributed by atoms with Gasteiger partial charge < -0.3 is 16.2 Å². The number of hydrazone groups is 1. The van der Waals surface area contributed by atoms with Gasteiger partial charge in [0.25, 0.3) is 11.8 Å². The zero-order chi connectivity index (χ0) is 17.2. The zero-order valence-corrected chi connectivity index (χ0v) is 12.6. The number of primary amides is 1. The highest BCUT2D eigenvalue weighted by molar-refractivity contribution is 6.06. The highest BCUT2D eigenvalue weighted by Gasteiger charge is 2.46. The summed E-state index contributed by atoms with van der Waals surface area (Å²) in [4.78, 5) is 28.2. The molecule has 2 amide bonds. The number of nitrogens with zero attached hydrogens (tertiary/aromatic N) is 3. The number of amides is 2. The van der Waals surface area contributed by atoms with Gasteiger partial charge in [0.1, 0.15) is 0 Å². The first-order chi connectivity index (χ1) is 11.5. The van der Waals surface area contributed by atoms with E-state index in [0.717, 1.165) is 5.01 Å². The van der Waals surface area contributed by atoms with Crippen molar-refractivity contribution in [3.63, 3.8) is 0 Å². The maximum Gasteiger partial charge on any atom is 0.280 e. The topological polar surface area (TPSA) is 121 Å². The van der Waals surface area contributed by atoms with Crippen molar-refractivity contribution in [2.75, 3.05) is 10.3 Å². The highest BCUT2D eigenvalue weighted by Crippen LogP contribution is 2.29. The molecule has 0 aliphatic carbocycles. The highest BCUT2D eigenvalue weighted by atomic mass is 16.3. The van der Waals surface area contributed by atoms with E-state index in [1.807, 2.05) is 0 Å². The fraction of sp³-hybridized carbons (Fsp3) is 0.125. The molecule has 0 radical (unpaired) electrons. The van der Waals surface area contributed by atoms with E-state index in [1.54, 1.807) is 30.3 Å². The minimum Gasteiger partial charge on any atom is -0.366 e. The Kier molecular flexibility index (Phi) is 3.97. The average Bonchev–Trinajstić information content (AvgIpc) is 2.99. The second-order valence-corrected chi connectivity index (χ2v) is 5.18. The summed E-state index contributed by atoms with van der Waals surface area (Å²) in [5.41, 5.74) is 3.72. The standard InChI is InChI=1S/C16H15N5O3/c17-14(22)11-5-1-2-6-12(11)20-15(23)16(24)8-10-19-21(16)13-7-3-4-9-18-13/h1-7,9-10,24H,8H2,(H2,17,22)(H,20,23). The Bertz CT molecular complexity index is 808. The van der Waals surface area contributed by atoms with Gasteiger partial charge in [-0.2, -0.15) is 5.10 Å². The third-order valence-corrected chi connectivity index (χ3v) is 3.59. The van der Waals surface area contributed by atoms with Gasteiger partial charge in [0.2, 0.25) is 5.72 Å². The molecule has 1 unspecified atom stereocenters. The molecule has 8 heteroatoms. The van der Waals surface area contributed by atoms with E-state index in [-0.39, 0.29) is 17.7 Å². The summed E-state index contributed by atoms with van der Waals surface area (Å²) >= 11 is 0. The van der Waals surface area contributed by atoms with Crippen LogP contribution in [0.1, 0.15) is 16.8 Å². The van der Waals surface area contributed by atoms with E-state index >= 15 is 0 Å². The molecule has 3 rings (SSSR count). The van der Waals surface area contributed by atoms with E-state index < -0.39 is 17.5 Å². The molecule has 0 bridgehead atoms. The Balaban J connectivity index is 1.88. The van der Waals surface area contributed by atoms with Crippen LogP contribution in [0.25, 0.3) is 0 Å². The average molecular weight is 325 g/mol. The van der Waals surface area contributed by atoms with E-state index in [0.29, 0.717) is 5.82 Å². The van der Waals surface area contributed by atoms with Crippen LogP contribution in [0.4, 0.5) is 11.5 Å². The van der Waals surface area contributed by atoms with Gasteiger partial charge in [0.15, 0.2) is 5.82 Å². The lowest BCUT2D eigenvalue weighted by atomic mass is 10.1. The zero-order valence-electron chi connectivity index (χ0n) is 12.6. The van der Waals surface area contributed by atoms with Crippen LogP contribution in [0.15, 0.2) is 53.8 Å². The molecule has 0 saturated heterocycles.